The highest BCUT2D eigenvalue weighted by Gasteiger charge is 2.17. The Morgan fingerprint density at radius 3 is 1.73 bits per heavy atom. The summed E-state index contributed by atoms with van der Waals surface area (Å²) >= 11 is 0. The molecule has 68 valence electrons. The molecule has 0 aliphatic carbocycles. The van der Waals surface area contributed by atoms with Gasteiger partial charge in [0.1, 0.15) is 0 Å². The molecule has 4 N–H and O–H groups in total. The van der Waals surface area contributed by atoms with Crippen LogP contribution >= 0.6 is 0 Å². The number of nitrogens with zero attached hydrogens (tertiary/aromatic N) is 1. The van der Waals surface area contributed by atoms with Crippen molar-refractivity contribution in [2.75, 3.05) is 20.1 Å². The van der Waals surface area contributed by atoms with Crippen LogP contribution in [0.15, 0.2) is 0 Å². The van der Waals surface area contributed by atoms with Crippen molar-refractivity contribution < 1.29 is 17.5 Å². The lowest BCUT2D eigenvalue weighted by atomic mass is 10.2. The van der Waals surface area contributed by atoms with Crippen molar-refractivity contribution >= 4 is 10.4 Å². The van der Waals surface area contributed by atoms with Crippen molar-refractivity contribution in [3.05, 3.63) is 0 Å². The molecule has 1 heterocycles. The van der Waals surface area contributed by atoms with E-state index < -0.39 is 10.4 Å². The Bertz CT molecular complexity index is 182. The van der Waals surface area contributed by atoms with Gasteiger partial charge in [0.2, 0.25) is 0 Å². The van der Waals surface area contributed by atoms with E-state index in [1.165, 1.54) is 0 Å². The molecule has 1 aliphatic heterocycles. The minimum atomic E-state index is -4.67. The maximum Gasteiger partial charge on any atom is 0.394 e. The third-order valence-electron chi connectivity index (χ3n) is 1.09. The van der Waals surface area contributed by atoms with Crippen LogP contribution in [-0.2, 0) is 10.4 Å². The normalized spacial score (nSPS) is 20.0. The second kappa shape index (κ2) is 3.98. The van der Waals surface area contributed by atoms with Gasteiger partial charge in [-0.05, 0) is 7.05 Å². The van der Waals surface area contributed by atoms with Gasteiger partial charge in [-0.15, -0.1) is 0 Å². The first kappa shape index (κ1) is 10.8. The van der Waals surface area contributed by atoms with E-state index in [2.05, 4.69) is 11.9 Å². The maximum absolute atomic E-state index is 8.74. The number of hydrogen-bond acceptors (Lipinski definition) is 4. The molecule has 0 atom stereocenters. The predicted octanol–water partition coefficient (Wildman–Crippen LogP) is -1.39. The summed E-state index contributed by atoms with van der Waals surface area (Å²) in [6, 6.07) is 0.468. The average Bonchev–Trinajstić information content (AvgIpc) is 1.56. The van der Waals surface area contributed by atoms with Crippen LogP contribution in [0.4, 0.5) is 0 Å². The molecule has 0 saturated carbocycles. The zero-order chi connectivity index (χ0) is 9.07. The van der Waals surface area contributed by atoms with Crippen molar-refractivity contribution in [3.63, 3.8) is 0 Å². The Morgan fingerprint density at radius 2 is 1.73 bits per heavy atom. The fraction of sp³-hybridized carbons (Fsp3) is 1.00. The van der Waals surface area contributed by atoms with E-state index in [0.29, 0.717) is 6.04 Å². The zero-order valence-electron chi connectivity index (χ0n) is 6.14. The molecular weight excluding hydrogens is 172 g/mol. The highest BCUT2D eigenvalue weighted by molar-refractivity contribution is 7.79. The van der Waals surface area contributed by atoms with Crippen molar-refractivity contribution in [1.82, 2.24) is 4.90 Å². The first-order valence-corrected chi connectivity index (χ1v) is 4.32. The van der Waals surface area contributed by atoms with Gasteiger partial charge < -0.3 is 10.6 Å². The summed E-state index contributed by atoms with van der Waals surface area (Å²) in [7, 11) is -2.59. The molecule has 0 aromatic heterocycles. The molecule has 7 heteroatoms. The Morgan fingerprint density at radius 1 is 1.45 bits per heavy atom. The van der Waals surface area contributed by atoms with Crippen molar-refractivity contribution in [2.24, 2.45) is 5.73 Å². The van der Waals surface area contributed by atoms with Gasteiger partial charge in [0.15, 0.2) is 0 Å². The number of nitrogens with two attached hydrogens (primary N) is 1. The summed E-state index contributed by atoms with van der Waals surface area (Å²) in [4.78, 5) is 2.20. The van der Waals surface area contributed by atoms with Gasteiger partial charge in [0, 0.05) is 19.1 Å². The van der Waals surface area contributed by atoms with Gasteiger partial charge in [-0.3, -0.25) is 9.11 Å². The second-order valence-electron chi connectivity index (χ2n) is 2.43. The summed E-state index contributed by atoms with van der Waals surface area (Å²) < 4.78 is 31.6. The zero-order valence-corrected chi connectivity index (χ0v) is 6.95. The summed E-state index contributed by atoms with van der Waals surface area (Å²) in [5, 5.41) is 0. The number of likely N-dealkylation sites (N-methyl/N-ethyl adjacent to an activating group) is 1. The fourth-order valence-electron chi connectivity index (χ4n) is 0.747. The van der Waals surface area contributed by atoms with Crippen LogP contribution in [0.25, 0.3) is 0 Å². The van der Waals surface area contributed by atoms with Crippen LogP contribution in [0.3, 0.4) is 0 Å². The van der Waals surface area contributed by atoms with Crippen LogP contribution in [0.1, 0.15) is 0 Å². The molecule has 1 fully saturated rings. The first-order chi connectivity index (χ1) is 4.79. The van der Waals surface area contributed by atoms with E-state index in [1.54, 1.807) is 0 Å². The smallest absolute Gasteiger partial charge is 0.325 e. The number of hydrogen-bond donors (Lipinski definition) is 3. The lowest BCUT2D eigenvalue weighted by molar-refractivity contribution is 0.192. The lowest BCUT2D eigenvalue weighted by Crippen LogP contribution is -2.53. The summed E-state index contributed by atoms with van der Waals surface area (Å²) in [5.74, 6) is 0. The third kappa shape index (κ3) is 9.79. The van der Waals surface area contributed by atoms with Crippen LogP contribution in [-0.4, -0.2) is 48.6 Å². The fourth-order valence-corrected chi connectivity index (χ4v) is 0.747. The highest BCUT2D eigenvalue weighted by atomic mass is 32.3. The largest absolute Gasteiger partial charge is 0.394 e. The first-order valence-electron chi connectivity index (χ1n) is 2.93. The summed E-state index contributed by atoms with van der Waals surface area (Å²) in [6.07, 6.45) is 0. The molecule has 0 spiro atoms. The quantitative estimate of drug-likeness (QED) is 0.400. The van der Waals surface area contributed by atoms with Gasteiger partial charge in [-0.2, -0.15) is 8.42 Å². The average molecular weight is 184 g/mol. The van der Waals surface area contributed by atoms with Crippen LogP contribution < -0.4 is 5.73 Å². The third-order valence-corrected chi connectivity index (χ3v) is 1.09. The molecule has 0 unspecified atom stereocenters. The van der Waals surface area contributed by atoms with E-state index in [-0.39, 0.29) is 0 Å². The summed E-state index contributed by atoms with van der Waals surface area (Å²) in [5.41, 5.74) is 5.43. The lowest BCUT2D eigenvalue weighted by Gasteiger charge is -2.32. The van der Waals surface area contributed by atoms with E-state index in [4.69, 9.17) is 23.3 Å². The molecule has 0 bridgehead atoms. The minimum absolute atomic E-state index is 0.468. The van der Waals surface area contributed by atoms with Crippen LogP contribution in [0, 0.1) is 0 Å². The van der Waals surface area contributed by atoms with Crippen LogP contribution in [0.5, 0.6) is 0 Å². The van der Waals surface area contributed by atoms with Crippen LogP contribution in [0.2, 0.25) is 0 Å². The summed E-state index contributed by atoms with van der Waals surface area (Å²) in [6.45, 7) is 2.17. The molecule has 1 saturated heterocycles. The molecule has 0 aromatic carbocycles. The molecule has 0 radical (unpaired) electrons. The molecule has 1 rings (SSSR count). The molecule has 0 amide bonds. The molecule has 11 heavy (non-hydrogen) atoms. The van der Waals surface area contributed by atoms with E-state index in [9.17, 15) is 0 Å². The minimum Gasteiger partial charge on any atom is -0.325 e. The van der Waals surface area contributed by atoms with Gasteiger partial charge in [-0.1, -0.05) is 0 Å². The number of rotatable bonds is 0. The second-order valence-corrected chi connectivity index (χ2v) is 3.32. The van der Waals surface area contributed by atoms with Crippen molar-refractivity contribution in [2.45, 2.75) is 6.04 Å². The molecule has 1 aliphatic rings. The van der Waals surface area contributed by atoms with Gasteiger partial charge in [0.25, 0.3) is 0 Å². The highest BCUT2D eigenvalue weighted by Crippen LogP contribution is 1.98. The van der Waals surface area contributed by atoms with Gasteiger partial charge in [-0.25, -0.2) is 0 Å². The monoisotopic (exact) mass is 184 g/mol. The maximum atomic E-state index is 8.74. The van der Waals surface area contributed by atoms with E-state index in [0.717, 1.165) is 13.1 Å². The Hall–Kier alpha value is -0.210. The van der Waals surface area contributed by atoms with Gasteiger partial charge in [0.05, 0.1) is 0 Å². The van der Waals surface area contributed by atoms with Crippen molar-refractivity contribution in [3.8, 4) is 0 Å². The Kier molecular flexibility index (Phi) is 3.90. The molecular formula is C4H12N2O4S. The molecule has 0 aromatic rings. The molecule has 6 nitrogen and oxygen atoms in total. The van der Waals surface area contributed by atoms with E-state index in [1.807, 2.05) is 0 Å². The predicted molar refractivity (Wildman–Crippen MR) is 39.6 cm³/mol. The van der Waals surface area contributed by atoms with Crippen molar-refractivity contribution in [1.29, 1.82) is 0 Å². The number of likely N-dealkylation sites (tertiary alicyclic amines) is 1. The Balaban J connectivity index is 0.000000187. The Labute approximate surface area is 65.6 Å². The topological polar surface area (TPSA) is 104 Å². The van der Waals surface area contributed by atoms with Gasteiger partial charge >= 0.3 is 10.4 Å². The standard InChI is InChI=1S/C4H10N2.H2O4S/c1-6-2-4(5)3-6;1-5(2,3)4/h4H,2-3,5H2,1H3;(H2,1,2,3,4). The van der Waals surface area contributed by atoms with E-state index >= 15 is 0 Å². The SMILES string of the molecule is CN1CC(N)C1.O=S(=O)(O)O.